The van der Waals surface area contributed by atoms with E-state index in [1.807, 2.05) is 53.6 Å². The van der Waals surface area contributed by atoms with E-state index < -0.39 is 0 Å². The Labute approximate surface area is 230 Å². The van der Waals surface area contributed by atoms with E-state index in [2.05, 4.69) is 59.4 Å². The fourth-order valence-electron chi connectivity index (χ4n) is 5.05. The van der Waals surface area contributed by atoms with Crippen molar-refractivity contribution < 1.29 is 14.3 Å². The Morgan fingerprint density at radius 2 is 1.77 bits per heavy atom. The van der Waals surface area contributed by atoms with E-state index in [4.69, 9.17) is 9.47 Å². The third-order valence-corrected chi connectivity index (χ3v) is 7.12. The van der Waals surface area contributed by atoms with Crippen molar-refractivity contribution in [2.75, 3.05) is 27.2 Å². The SMILES string of the molecule is COc1ccc(C=CC(=O)N2CCC(Oc3cccc(CN(C)Cc4cccc5ncccc45)c3)CC2)cc1. The average molecular weight is 522 g/mol. The number of amides is 1. The number of pyridine rings is 1. The summed E-state index contributed by atoms with van der Waals surface area (Å²) in [5, 5.41) is 1.20. The Morgan fingerprint density at radius 1 is 0.974 bits per heavy atom. The van der Waals surface area contributed by atoms with Gasteiger partial charge in [0.2, 0.25) is 5.91 Å². The number of fused-ring (bicyclic) bond motifs is 1. The van der Waals surface area contributed by atoms with Gasteiger partial charge < -0.3 is 14.4 Å². The number of carbonyl (C=O) groups excluding carboxylic acids is 1. The molecule has 5 rings (SSSR count). The van der Waals surface area contributed by atoms with Gasteiger partial charge in [0.05, 0.1) is 12.6 Å². The number of carbonyl (C=O) groups is 1. The van der Waals surface area contributed by atoms with E-state index in [9.17, 15) is 4.79 Å². The number of aromatic nitrogens is 1. The van der Waals surface area contributed by atoms with Crippen LogP contribution in [0.4, 0.5) is 0 Å². The second kappa shape index (κ2) is 12.6. The molecule has 1 fully saturated rings. The quantitative estimate of drug-likeness (QED) is 0.255. The van der Waals surface area contributed by atoms with Crippen LogP contribution in [-0.2, 0) is 17.9 Å². The first-order valence-electron chi connectivity index (χ1n) is 13.5. The van der Waals surface area contributed by atoms with E-state index in [1.165, 1.54) is 16.5 Å². The number of hydrogen-bond donors (Lipinski definition) is 0. The fraction of sp³-hybridized carbons (Fsp3) is 0.273. The van der Waals surface area contributed by atoms with Crippen molar-refractivity contribution in [2.24, 2.45) is 0 Å². The molecule has 200 valence electrons. The maximum atomic E-state index is 12.7. The van der Waals surface area contributed by atoms with Crippen LogP contribution in [-0.4, -0.2) is 54.0 Å². The third kappa shape index (κ3) is 7.03. The van der Waals surface area contributed by atoms with E-state index in [-0.39, 0.29) is 12.0 Å². The number of ether oxygens (including phenoxy) is 2. The van der Waals surface area contributed by atoms with Gasteiger partial charge in [-0.15, -0.1) is 0 Å². The summed E-state index contributed by atoms with van der Waals surface area (Å²) in [5.41, 5.74) is 4.49. The lowest BCUT2D eigenvalue weighted by Gasteiger charge is -2.31. The Bertz CT molecular complexity index is 1420. The molecule has 1 aliphatic rings. The van der Waals surface area contributed by atoms with Crippen molar-refractivity contribution in [2.45, 2.75) is 32.0 Å². The molecule has 6 nitrogen and oxygen atoms in total. The molecule has 0 spiro atoms. The summed E-state index contributed by atoms with van der Waals surface area (Å²) < 4.78 is 11.5. The molecule has 6 heteroatoms. The van der Waals surface area contributed by atoms with Gasteiger partial charge in [0.25, 0.3) is 0 Å². The minimum atomic E-state index is 0.0382. The van der Waals surface area contributed by atoms with Crippen LogP contribution in [0.1, 0.15) is 29.5 Å². The van der Waals surface area contributed by atoms with Gasteiger partial charge in [0.15, 0.2) is 0 Å². The van der Waals surface area contributed by atoms with Crippen molar-refractivity contribution in [1.82, 2.24) is 14.8 Å². The summed E-state index contributed by atoms with van der Waals surface area (Å²) in [4.78, 5) is 21.4. The van der Waals surface area contributed by atoms with Crippen LogP contribution in [0.25, 0.3) is 17.0 Å². The lowest BCUT2D eigenvalue weighted by atomic mass is 10.1. The Hall–Kier alpha value is -4.16. The molecule has 39 heavy (non-hydrogen) atoms. The van der Waals surface area contributed by atoms with Crippen molar-refractivity contribution >= 4 is 22.9 Å². The highest BCUT2D eigenvalue weighted by atomic mass is 16.5. The van der Waals surface area contributed by atoms with E-state index in [0.29, 0.717) is 13.1 Å². The Kier molecular flexibility index (Phi) is 8.54. The molecule has 0 aliphatic carbocycles. The first-order valence-corrected chi connectivity index (χ1v) is 13.5. The summed E-state index contributed by atoms with van der Waals surface area (Å²) in [6.07, 6.45) is 7.09. The zero-order valence-corrected chi connectivity index (χ0v) is 22.6. The third-order valence-electron chi connectivity index (χ3n) is 7.12. The number of nitrogens with zero attached hydrogens (tertiary/aromatic N) is 3. The summed E-state index contributed by atoms with van der Waals surface area (Å²) >= 11 is 0. The van der Waals surface area contributed by atoms with Crippen molar-refractivity contribution in [3.8, 4) is 11.5 Å². The largest absolute Gasteiger partial charge is 0.497 e. The molecule has 3 aromatic carbocycles. The van der Waals surface area contributed by atoms with Gasteiger partial charge in [-0.2, -0.15) is 0 Å². The summed E-state index contributed by atoms with van der Waals surface area (Å²) in [6.45, 7) is 3.05. The normalized spacial score (nSPS) is 14.3. The fourth-order valence-corrected chi connectivity index (χ4v) is 5.05. The van der Waals surface area contributed by atoms with Gasteiger partial charge in [0.1, 0.15) is 17.6 Å². The molecule has 2 heterocycles. The maximum Gasteiger partial charge on any atom is 0.246 e. The zero-order chi connectivity index (χ0) is 27.0. The number of methoxy groups -OCH3 is 1. The van der Waals surface area contributed by atoms with E-state index in [0.717, 1.165) is 48.5 Å². The van der Waals surface area contributed by atoms with Gasteiger partial charge in [-0.3, -0.25) is 14.7 Å². The number of rotatable bonds is 9. The molecule has 1 saturated heterocycles. The molecule has 0 radical (unpaired) electrons. The molecular weight excluding hydrogens is 486 g/mol. The summed E-state index contributed by atoms with van der Waals surface area (Å²) in [6, 6.07) is 26.5. The smallest absolute Gasteiger partial charge is 0.246 e. The highest BCUT2D eigenvalue weighted by Crippen LogP contribution is 2.23. The second-order valence-corrected chi connectivity index (χ2v) is 10.1. The van der Waals surface area contributed by atoms with Gasteiger partial charge >= 0.3 is 0 Å². The van der Waals surface area contributed by atoms with Crippen LogP contribution < -0.4 is 9.47 Å². The standard InChI is InChI=1S/C33H35N3O3/c1-35(24-27-7-4-10-32-31(27)9-5-19-34-32)23-26-6-3-8-30(22-26)39-29-17-20-36(21-18-29)33(37)16-13-25-11-14-28(38-2)15-12-25/h3-16,19,22,29H,17-18,20-21,23-24H2,1-2H3. The maximum absolute atomic E-state index is 12.7. The first kappa shape index (κ1) is 26.4. The number of piperidine rings is 1. The van der Waals surface area contributed by atoms with E-state index in [1.54, 1.807) is 13.2 Å². The van der Waals surface area contributed by atoms with Gasteiger partial charge in [-0.25, -0.2) is 0 Å². The molecule has 0 atom stereocenters. The van der Waals surface area contributed by atoms with Gasteiger partial charge in [-0.1, -0.05) is 42.5 Å². The second-order valence-electron chi connectivity index (χ2n) is 10.1. The average Bonchev–Trinajstić information content (AvgIpc) is 2.97. The van der Waals surface area contributed by atoms with E-state index >= 15 is 0 Å². The van der Waals surface area contributed by atoms with Crippen LogP contribution in [0, 0.1) is 0 Å². The summed E-state index contributed by atoms with van der Waals surface area (Å²) in [7, 11) is 3.78. The number of likely N-dealkylation sites (tertiary alicyclic amines) is 1. The Morgan fingerprint density at radius 3 is 2.56 bits per heavy atom. The minimum Gasteiger partial charge on any atom is -0.497 e. The highest BCUT2D eigenvalue weighted by molar-refractivity contribution is 5.91. The zero-order valence-electron chi connectivity index (χ0n) is 22.6. The minimum absolute atomic E-state index is 0.0382. The predicted octanol–water partition coefficient (Wildman–Crippen LogP) is 5.96. The van der Waals surface area contributed by atoms with Crippen molar-refractivity contribution in [3.63, 3.8) is 0 Å². The van der Waals surface area contributed by atoms with Crippen LogP contribution in [0.5, 0.6) is 11.5 Å². The summed E-state index contributed by atoms with van der Waals surface area (Å²) in [5.74, 6) is 1.73. The number of benzene rings is 3. The number of hydrogen-bond acceptors (Lipinski definition) is 5. The van der Waals surface area contributed by atoms with Gasteiger partial charge in [-0.05, 0) is 66.2 Å². The molecule has 0 unspecified atom stereocenters. The van der Waals surface area contributed by atoms with Crippen molar-refractivity contribution in [1.29, 1.82) is 0 Å². The molecule has 4 aromatic rings. The van der Waals surface area contributed by atoms with Crippen LogP contribution >= 0.6 is 0 Å². The lowest BCUT2D eigenvalue weighted by molar-refractivity contribution is -0.127. The first-order chi connectivity index (χ1) is 19.1. The van der Waals surface area contributed by atoms with Crippen molar-refractivity contribution in [3.05, 3.63) is 108 Å². The van der Waals surface area contributed by atoms with Crippen LogP contribution in [0.2, 0.25) is 0 Å². The predicted molar refractivity (Wildman–Crippen MR) is 156 cm³/mol. The highest BCUT2D eigenvalue weighted by Gasteiger charge is 2.23. The van der Waals surface area contributed by atoms with Crippen LogP contribution in [0.15, 0.2) is 91.1 Å². The molecule has 0 saturated carbocycles. The molecule has 0 N–H and O–H groups in total. The topological polar surface area (TPSA) is 54.9 Å². The molecule has 1 aliphatic heterocycles. The van der Waals surface area contributed by atoms with Gasteiger partial charge in [0, 0.05) is 56.7 Å². The lowest BCUT2D eigenvalue weighted by Crippen LogP contribution is -2.41. The molecule has 0 bridgehead atoms. The monoisotopic (exact) mass is 521 g/mol. The Balaban J connectivity index is 1.11. The molecular formula is C33H35N3O3. The van der Waals surface area contributed by atoms with Crippen LogP contribution in [0.3, 0.4) is 0 Å². The molecule has 1 aromatic heterocycles. The molecule has 1 amide bonds.